The van der Waals surface area contributed by atoms with Crippen molar-refractivity contribution in [3.8, 4) is 0 Å². The molecule has 0 radical (unpaired) electrons. The van der Waals surface area contributed by atoms with Crippen LogP contribution < -0.4 is 0 Å². The lowest BCUT2D eigenvalue weighted by atomic mass is 11.9. The minimum atomic E-state index is -1.83. The minimum absolute atomic E-state index is 0.750. The van der Waals surface area contributed by atoms with Gasteiger partial charge in [0.05, 0.1) is 1.37 Å². The average Bonchev–Trinajstić information content (AvgIpc) is 1.19. The van der Waals surface area contributed by atoms with Gasteiger partial charge in [0.25, 0.3) is 0 Å². The molecule has 0 amide bonds. The van der Waals surface area contributed by atoms with Crippen molar-refractivity contribution in [2.75, 3.05) is 0 Å². The fraction of sp³-hybridized carbons (Fsp3) is 1.00. The molecule has 0 spiro atoms. The van der Waals surface area contributed by atoms with Crippen LogP contribution in [0.3, 0.4) is 0 Å². The van der Waals surface area contributed by atoms with Crippen molar-refractivity contribution in [1.82, 2.24) is 0 Å². The fourth-order valence-corrected chi connectivity index (χ4v) is 0. The Kier molecular flexibility index (Phi) is 10.6. The molecule has 8 heavy (non-hydrogen) atoms. The van der Waals surface area contributed by atoms with Crippen LogP contribution in [0.25, 0.3) is 0 Å². The summed E-state index contributed by atoms with van der Waals surface area (Å²) in [6.45, 7) is 0. The van der Waals surface area contributed by atoms with Crippen LogP contribution in [0.1, 0.15) is 1.37 Å². The highest BCUT2D eigenvalue weighted by Crippen LogP contribution is 2.04. The van der Waals surface area contributed by atoms with Crippen molar-refractivity contribution in [1.29, 1.82) is 0 Å². The van der Waals surface area contributed by atoms with Crippen LogP contribution >= 0.6 is 69.6 Å². The molecule has 0 atom stereocenters. The molecule has 0 saturated heterocycles. The third kappa shape index (κ3) is 116. The number of alkyl halides is 6. The molecule has 0 nitrogen and oxygen atoms in total. The maximum absolute atomic E-state index is 6.23. The highest BCUT2D eigenvalue weighted by atomic mass is 35.6. The van der Waals surface area contributed by atoms with Crippen molar-refractivity contribution in [3.63, 3.8) is 0 Å². The molecule has 52 valence electrons. The molecule has 6 heteroatoms. The summed E-state index contributed by atoms with van der Waals surface area (Å²) in [7, 11) is 0. The highest BCUT2D eigenvalue weighted by molar-refractivity contribution is 6.63. The van der Waals surface area contributed by atoms with E-state index < -0.39 is 8.57 Å². The van der Waals surface area contributed by atoms with Gasteiger partial charge in [-0.1, -0.05) is 69.6 Å². The summed E-state index contributed by atoms with van der Waals surface area (Å²) < 4.78 is 3.65. The van der Waals surface area contributed by atoms with Crippen LogP contribution in [0, 0.1) is 0 Å². The second-order valence-corrected chi connectivity index (χ2v) is 4.16. The Bertz CT molecular complexity index is 47.8. The van der Waals surface area contributed by atoms with Crippen molar-refractivity contribution in [2.24, 2.45) is 0 Å². The van der Waals surface area contributed by atoms with E-state index in [1.165, 1.54) is 0 Å². The first-order chi connectivity index (χ1) is 3.73. The summed E-state index contributed by atoms with van der Waals surface area (Å²) in [5.74, 6) is 0. The third-order valence-corrected chi connectivity index (χ3v) is 0. The van der Waals surface area contributed by atoms with E-state index >= 15 is 0 Å². The fourth-order valence-electron chi connectivity index (χ4n) is 0. The van der Waals surface area contributed by atoms with Crippen LogP contribution in [-0.4, -0.2) is 8.57 Å². The monoisotopic (exact) mass is 237 g/mol. The van der Waals surface area contributed by atoms with Crippen LogP contribution in [0.2, 0.25) is 0 Å². The molecule has 0 aromatic heterocycles. The molecule has 0 fully saturated rings. The lowest BCUT2D eigenvalue weighted by Gasteiger charge is -1.69. The molecule has 0 unspecified atom stereocenters. The van der Waals surface area contributed by atoms with Gasteiger partial charge < -0.3 is 0 Å². The second-order valence-electron chi connectivity index (χ2n) is 0.462. The molecule has 0 aromatic rings. The van der Waals surface area contributed by atoms with E-state index in [-0.39, 0.29) is 0 Å². The summed E-state index contributed by atoms with van der Waals surface area (Å²) in [4.78, 5) is 0. The van der Waals surface area contributed by atoms with E-state index in [0.29, 0.717) is 0 Å². The first-order valence-electron chi connectivity index (χ1n) is 1.72. The number of hydrogen-bond acceptors (Lipinski definition) is 0. The molecule has 0 N–H and O–H groups in total. The van der Waals surface area contributed by atoms with Gasteiger partial charge in [-0.2, -0.15) is 0 Å². The summed E-state index contributed by atoms with van der Waals surface area (Å²) in [6, 6.07) is 0. The van der Waals surface area contributed by atoms with Gasteiger partial charge in [0, 0.05) is 0 Å². The summed E-state index contributed by atoms with van der Waals surface area (Å²) >= 11 is 28.6. The van der Waals surface area contributed by atoms with Crippen molar-refractivity contribution in [2.45, 2.75) is 8.57 Å². The van der Waals surface area contributed by atoms with Crippen molar-refractivity contribution < 1.29 is 1.37 Å². The van der Waals surface area contributed by atoms with Gasteiger partial charge in [-0.3, -0.25) is 0 Å². The van der Waals surface area contributed by atoms with Gasteiger partial charge in [0.2, 0.25) is 0 Å². The van der Waals surface area contributed by atoms with Gasteiger partial charge in [0.1, 0.15) is 0 Å². The standard InChI is InChI=1S/2CHCl3/c2*2-1(3)4/h2*1H/i1D;. The Morgan fingerprint density at radius 2 is 0.875 bits per heavy atom. The maximum Gasteiger partial charge on any atom is 0.180 e. The van der Waals surface area contributed by atoms with Crippen LogP contribution in [-0.2, 0) is 0 Å². The zero-order valence-electron chi connectivity index (χ0n) is 4.35. The zero-order valence-corrected chi connectivity index (χ0v) is 7.88. The predicted octanol–water partition coefficient (Wildman–Crippen LogP) is 3.97. The molecule has 0 aliphatic heterocycles. The predicted molar refractivity (Wildman–Crippen MR) is 42.7 cm³/mol. The molecule has 0 aromatic carbocycles. The van der Waals surface area contributed by atoms with Gasteiger partial charge in [0.15, 0.2) is 8.57 Å². The number of hydrogen-bond donors (Lipinski definition) is 0. The topological polar surface area (TPSA) is 0 Å². The molecule has 0 aliphatic rings. The largest absolute Gasteiger partial charge is 0.180 e. The third-order valence-electron chi connectivity index (χ3n) is 0. The van der Waals surface area contributed by atoms with Crippen LogP contribution in [0.15, 0.2) is 0 Å². The SMILES string of the molecule is ClC(Cl)Cl.[2H]C(Cl)(Cl)Cl. The Morgan fingerprint density at radius 1 is 0.875 bits per heavy atom. The van der Waals surface area contributed by atoms with E-state index in [0.717, 1.165) is 0 Å². The molecule has 0 heterocycles. The first-order valence-corrected chi connectivity index (χ1v) is 3.66. The number of rotatable bonds is 0. The molecule has 0 aliphatic carbocycles. The van der Waals surface area contributed by atoms with Crippen molar-refractivity contribution in [3.05, 3.63) is 0 Å². The van der Waals surface area contributed by atoms with E-state index in [9.17, 15) is 0 Å². The quantitative estimate of drug-likeness (QED) is 0.561. The van der Waals surface area contributed by atoms with Crippen LogP contribution in [0.5, 0.6) is 0 Å². The molecule has 0 saturated carbocycles. The van der Waals surface area contributed by atoms with Gasteiger partial charge >= 0.3 is 0 Å². The maximum atomic E-state index is 6.23. The summed E-state index contributed by atoms with van der Waals surface area (Å²) in [5.41, 5.74) is 0. The normalized spacial score (nSPS) is 12.1. The van der Waals surface area contributed by atoms with Gasteiger partial charge in [-0.25, -0.2) is 0 Å². The van der Waals surface area contributed by atoms with E-state index in [2.05, 4.69) is 0 Å². The van der Waals surface area contributed by atoms with E-state index in [1.54, 1.807) is 0 Å². The van der Waals surface area contributed by atoms with Gasteiger partial charge in [-0.15, -0.1) is 0 Å². The first kappa shape index (κ1) is 9.74. The van der Waals surface area contributed by atoms with Crippen molar-refractivity contribution >= 4 is 69.6 Å². The summed E-state index contributed by atoms with van der Waals surface area (Å²) in [6.07, 6.45) is 0. The molecule has 0 rings (SSSR count). The Labute approximate surface area is 79.3 Å². The highest BCUT2D eigenvalue weighted by Gasteiger charge is 1.79. The average molecular weight is 240 g/mol. The smallest absolute Gasteiger partial charge is 0.0874 e. The summed E-state index contributed by atoms with van der Waals surface area (Å²) in [5, 5.41) is 0. The Hall–Kier alpha value is 1.74. The van der Waals surface area contributed by atoms with E-state index in [4.69, 9.17) is 71.0 Å². The van der Waals surface area contributed by atoms with Crippen LogP contribution in [0.4, 0.5) is 0 Å². The molecular weight excluding hydrogens is 237 g/mol. The molecular formula is C2H2Cl6. The number of halogens is 6. The Morgan fingerprint density at radius 3 is 0.875 bits per heavy atom. The molecule has 0 bridgehead atoms. The minimum Gasteiger partial charge on any atom is -0.0874 e. The zero-order chi connectivity index (χ0) is 8.08. The Balaban J connectivity index is 0. The van der Waals surface area contributed by atoms with Gasteiger partial charge in [-0.05, 0) is 0 Å². The second kappa shape index (κ2) is 8.74. The van der Waals surface area contributed by atoms with E-state index in [1.807, 2.05) is 0 Å². The lowest BCUT2D eigenvalue weighted by Crippen LogP contribution is -1.55. The lowest BCUT2D eigenvalue weighted by molar-refractivity contribution is 1.96.